The van der Waals surface area contributed by atoms with Crippen molar-refractivity contribution in [2.75, 3.05) is 53.5 Å². The molecule has 1 unspecified atom stereocenters. The first kappa shape index (κ1) is 24.7. The molecule has 7 heteroatoms. The van der Waals surface area contributed by atoms with Crippen LogP contribution in [-0.4, -0.2) is 75.3 Å². The van der Waals surface area contributed by atoms with E-state index in [2.05, 4.69) is 46.2 Å². The number of guanidine groups is 1. The molecule has 0 spiro atoms. The van der Waals surface area contributed by atoms with Crippen LogP contribution in [0.15, 0.2) is 29.3 Å². The maximum absolute atomic E-state index is 6.59. The molecular formula is C22H36ClIN4O. The molecule has 0 radical (unpaired) electrons. The molecule has 3 rings (SSSR count). The van der Waals surface area contributed by atoms with E-state index in [9.17, 15) is 0 Å². The van der Waals surface area contributed by atoms with E-state index in [1.54, 1.807) is 0 Å². The molecule has 0 aromatic heterocycles. The Balaban J connectivity index is 0.00000300. The first-order chi connectivity index (χ1) is 13.6. The van der Waals surface area contributed by atoms with E-state index in [1.807, 2.05) is 19.2 Å². The average molecular weight is 535 g/mol. The summed E-state index contributed by atoms with van der Waals surface area (Å²) in [6, 6.07) is 8.86. The lowest BCUT2D eigenvalue weighted by molar-refractivity contribution is 0.0512. The summed E-state index contributed by atoms with van der Waals surface area (Å²) in [6.07, 6.45) is 4.51. The van der Waals surface area contributed by atoms with Gasteiger partial charge in [0.15, 0.2) is 5.96 Å². The van der Waals surface area contributed by atoms with Crippen LogP contribution in [0.1, 0.15) is 38.2 Å². The molecule has 0 aliphatic carbocycles. The van der Waals surface area contributed by atoms with E-state index in [1.165, 1.54) is 24.9 Å². The first-order valence-electron chi connectivity index (χ1n) is 10.6. The summed E-state index contributed by atoms with van der Waals surface area (Å²) >= 11 is 6.59. The zero-order valence-corrected chi connectivity index (χ0v) is 21.1. The molecule has 5 nitrogen and oxygen atoms in total. The van der Waals surface area contributed by atoms with Gasteiger partial charge in [0, 0.05) is 56.9 Å². The van der Waals surface area contributed by atoms with Crippen molar-refractivity contribution in [2.45, 2.75) is 44.1 Å². The van der Waals surface area contributed by atoms with Crippen molar-refractivity contribution in [2.24, 2.45) is 4.99 Å². The lowest BCUT2D eigenvalue weighted by atomic mass is 9.74. The zero-order chi connectivity index (χ0) is 20.0. The highest BCUT2D eigenvalue weighted by Crippen LogP contribution is 2.38. The lowest BCUT2D eigenvalue weighted by Crippen LogP contribution is -2.50. The predicted octanol–water partition coefficient (Wildman–Crippen LogP) is 4.00. The fourth-order valence-electron chi connectivity index (χ4n) is 4.75. The highest BCUT2D eigenvalue weighted by Gasteiger charge is 2.36. The minimum atomic E-state index is -0.0177. The Labute approximate surface area is 198 Å². The summed E-state index contributed by atoms with van der Waals surface area (Å²) in [6.45, 7) is 7.97. The zero-order valence-electron chi connectivity index (χ0n) is 18.0. The van der Waals surface area contributed by atoms with E-state index in [4.69, 9.17) is 16.3 Å². The number of benzene rings is 1. The Morgan fingerprint density at radius 3 is 2.72 bits per heavy atom. The number of ether oxygens (including phenoxy) is 1. The Kier molecular flexibility index (Phi) is 9.98. The molecule has 2 aliphatic rings. The molecule has 1 aromatic rings. The number of likely N-dealkylation sites (tertiary alicyclic amines) is 1. The van der Waals surface area contributed by atoms with Gasteiger partial charge in [0.2, 0.25) is 0 Å². The van der Waals surface area contributed by atoms with Crippen LogP contribution in [0.3, 0.4) is 0 Å². The van der Waals surface area contributed by atoms with E-state index in [0.29, 0.717) is 6.04 Å². The van der Waals surface area contributed by atoms with Crippen LogP contribution in [0.2, 0.25) is 5.02 Å². The Morgan fingerprint density at radius 1 is 1.34 bits per heavy atom. The van der Waals surface area contributed by atoms with Gasteiger partial charge in [0.1, 0.15) is 0 Å². The minimum absolute atomic E-state index is 0. The monoisotopic (exact) mass is 534 g/mol. The molecule has 2 aliphatic heterocycles. The number of rotatable bonds is 6. The molecule has 2 saturated heterocycles. The van der Waals surface area contributed by atoms with Crippen LogP contribution in [0.4, 0.5) is 0 Å². The van der Waals surface area contributed by atoms with E-state index in [-0.39, 0.29) is 29.4 Å². The lowest BCUT2D eigenvalue weighted by Gasteiger charge is -2.39. The summed E-state index contributed by atoms with van der Waals surface area (Å²) < 4.78 is 5.66. The number of hydrogen-bond acceptors (Lipinski definition) is 3. The Morgan fingerprint density at radius 2 is 2.07 bits per heavy atom. The third-order valence-electron chi connectivity index (χ3n) is 6.44. The molecule has 29 heavy (non-hydrogen) atoms. The number of aliphatic imine (C=N–C) groups is 1. The maximum atomic E-state index is 6.59. The van der Waals surface area contributed by atoms with Gasteiger partial charge in [-0.3, -0.25) is 9.89 Å². The molecule has 2 heterocycles. The summed E-state index contributed by atoms with van der Waals surface area (Å²) in [5.41, 5.74) is 1.20. The Bertz CT molecular complexity index is 666. The second-order valence-electron chi connectivity index (χ2n) is 8.08. The quantitative estimate of drug-likeness (QED) is 0.340. The molecule has 0 saturated carbocycles. The number of nitrogens with one attached hydrogen (secondary N) is 1. The molecule has 1 aromatic carbocycles. The van der Waals surface area contributed by atoms with Gasteiger partial charge in [-0.15, -0.1) is 24.0 Å². The van der Waals surface area contributed by atoms with Crippen LogP contribution in [-0.2, 0) is 10.2 Å². The predicted molar refractivity (Wildman–Crippen MR) is 133 cm³/mol. The van der Waals surface area contributed by atoms with E-state index >= 15 is 0 Å². The van der Waals surface area contributed by atoms with Crippen molar-refractivity contribution in [3.05, 3.63) is 34.9 Å². The topological polar surface area (TPSA) is 40.1 Å². The third kappa shape index (κ3) is 5.99. The van der Waals surface area contributed by atoms with Gasteiger partial charge >= 0.3 is 0 Å². The van der Waals surface area contributed by atoms with Gasteiger partial charge in [-0.2, -0.15) is 0 Å². The molecular weight excluding hydrogens is 499 g/mol. The van der Waals surface area contributed by atoms with Crippen LogP contribution < -0.4 is 5.32 Å². The van der Waals surface area contributed by atoms with Crippen molar-refractivity contribution in [1.29, 1.82) is 0 Å². The van der Waals surface area contributed by atoms with E-state index in [0.717, 1.165) is 56.7 Å². The van der Waals surface area contributed by atoms with Gasteiger partial charge in [0.25, 0.3) is 0 Å². The van der Waals surface area contributed by atoms with Gasteiger partial charge < -0.3 is 15.0 Å². The summed E-state index contributed by atoms with van der Waals surface area (Å²) in [5, 5.41) is 4.50. The van der Waals surface area contributed by atoms with Crippen LogP contribution in [0.5, 0.6) is 0 Å². The molecule has 1 N–H and O–H groups in total. The molecule has 2 fully saturated rings. The maximum Gasteiger partial charge on any atom is 0.193 e. The Hall–Kier alpha value is -0.570. The summed E-state index contributed by atoms with van der Waals surface area (Å²) in [7, 11) is 4.02. The minimum Gasteiger partial charge on any atom is -0.381 e. The number of likely N-dealkylation sites (N-methyl/N-ethyl adjacent to an activating group) is 2. The second-order valence-corrected chi connectivity index (χ2v) is 8.49. The smallest absolute Gasteiger partial charge is 0.193 e. The van der Waals surface area contributed by atoms with Crippen molar-refractivity contribution in [1.82, 2.24) is 15.1 Å². The highest BCUT2D eigenvalue weighted by molar-refractivity contribution is 14.0. The van der Waals surface area contributed by atoms with Crippen LogP contribution in [0, 0.1) is 0 Å². The van der Waals surface area contributed by atoms with Gasteiger partial charge in [-0.1, -0.05) is 36.7 Å². The summed E-state index contributed by atoms with van der Waals surface area (Å²) in [5.74, 6) is 0.959. The van der Waals surface area contributed by atoms with Gasteiger partial charge in [0.05, 0.1) is 0 Å². The number of hydrogen-bond donors (Lipinski definition) is 1. The average Bonchev–Trinajstić information content (AvgIpc) is 3.16. The van der Waals surface area contributed by atoms with Crippen molar-refractivity contribution >= 4 is 41.5 Å². The number of nitrogens with zero attached hydrogens (tertiary/aromatic N) is 3. The van der Waals surface area contributed by atoms with Gasteiger partial charge in [-0.05, 0) is 50.4 Å². The number of halogens is 2. The van der Waals surface area contributed by atoms with Crippen molar-refractivity contribution < 1.29 is 4.74 Å². The fourth-order valence-corrected chi connectivity index (χ4v) is 5.08. The van der Waals surface area contributed by atoms with Gasteiger partial charge in [-0.25, -0.2) is 0 Å². The molecule has 164 valence electrons. The third-order valence-corrected chi connectivity index (χ3v) is 6.77. The second kappa shape index (κ2) is 11.7. The molecule has 1 atom stereocenters. The molecule has 0 bridgehead atoms. The van der Waals surface area contributed by atoms with Crippen LogP contribution in [0.25, 0.3) is 0 Å². The van der Waals surface area contributed by atoms with Crippen molar-refractivity contribution in [3.63, 3.8) is 0 Å². The van der Waals surface area contributed by atoms with Crippen LogP contribution >= 0.6 is 35.6 Å². The largest absolute Gasteiger partial charge is 0.381 e. The van der Waals surface area contributed by atoms with E-state index < -0.39 is 0 Å². The standard InChI is InChI=1S/C22H35ClN4O.HI/c1-4-27-13-7-8-18(27)16-26(3)21(24-2)25-17-22(11-14-28-15-12-22)19-9-5-6-10-20(19)23;/h5-6,9-10,18H,4,7-8,11-17H2,1-3H3,(H,24,25);1H. The first-order valence-corrected chi connectivity index (χ1v) is 11.0. The molecule has 0 amide bonds. The highest BCUT2D eigenvalue weighted by atomic mass is 127. The normalized spacial score (nSPS) is 22.2. The fraction of sp³-hybridized carbons (Fsp3) is 0.682. The van der Waals surface area contributed by atoms with Crippen molar-refractivity contribution in [3.8, 4) is 0 Å². The summed E-state index contributed by atoms with van der Waals surface area (Å²) in [4.78, 5) is 9.41. The SMILES string of the molecule is CCN1CCCC1CN(C)C(=NC)NCC1(c2ccccc2Cl)CCOCC1.I.